The normalized spacial score (nSPS) is 12.0. The van der Waals surface area contributed by atoms with E-state index in [0.29, 0.717) is 17.9 Å². The van der Waals surface area contributed by atoms with Crippen molar-refractivity contribution in [2.45, 2.75) is 26.8 Å². The minimum atomic E-state index is -0.436. The molecule has 25 heavy (non-hydrogen) atoms. The zero-order chi connectivity index (χ0) is 18.2. The highest BCUT2D eigenvalue weighted by atomic mass is 16.5. The van der Waals surface area contributed by atoms with Gasteiger partial charge in [0.15, 0.2) is 11.5 Å². The van der Waals surface area contributed by atoms with E-state index in [-0.39, 0.29) is 11.7 Å². The van der Waals surface area contributed by atoms with E-state index >= 15 is 0 Å². The predicted octanol–water partition coefficient (Wildman–Crippen LogP) is 3.05. The number of amides is 1. The van der Waals surface area contributed by atoms with Gasteiger partial charge in [0.25, 0.3) is 5.91 Å². The number of phenolic OH excluding ortho intramolecular Hbond substituents is 1. The average molecular weight is 341 g/mol. The molecule has 0 aliphatic carbocycles. The number of aryl methyl sites for hydroxylation is 1. The maximum Gasteiger partial charge on any atom is 0.262 e. The van der Waals surface area contributed by atoms with Crippen LogP contribution in [0.2, 0.25) is 0 Å². The molecule has 2 aromatic carbocycles. The number of carbonyl (C=O) groups excluding carboxylic acids is 1. The quantitative estimate of drug-likeness (QED) is 0.534. The van der Waals surface area contributed by atoms with Crippen molar-refractivity contribution in [1.29, 1.82) is 0 Å². The molecule has 6 nitrogen and oxygen atoms in total. The first-order chi connectivity index (χ1) is 12.0. The van der Waals surface area contributed by atoms with Crippen LogP contribution in [0.3, 0.4) is 0 Å². The number of rotatable bonds is 7. The molecule has 2 rings (SSSR count). The second-order valence-electron chi connectivity index (χ2n) is 5.63. The summed E-state index contributed by atoms with van der Waals surface area (Å²) in [7, 11) is 0. The highest BCUT2D eigenvalue weighted by Crippen LogP contribution is 2.26. The third-order valence-corrected chi connectivity index (χ3v) is 3.50. The molecule has 132 valence electrons. The first-order valence-electron chi connectivity index (χ1n) is 8.11. The number of hydrogen-bond donors (Lipinski definition) is 3. The van der Waals surface area contributed by atoms with Crippen LogP contribution in [0.15, 0.2) is 47.6 Å². The van der Waals surface area contributed by atoms with Crippen molar-refractivity contribution in [3.63, 3.8) is 0 Å². The molecule has 0 aliphatic heterocycles. The summed E-state index contributed by atoms with van der Waals surface area (Å²) in [5, 5.41) is 16.8. The minimum Gasteiger partial charge on any atom is -0.504 e. The molecule has 2 aromatic rings. The number of aromatic hydroxyl groups is 1. The number of hydrogen-bond acceptors (Lipinski definition) is 5. The van der Waals surface area contributed by atoms with E-state index in [1.165, 1.54) is 12.3 Å². The van der Waals surface area contributed by atoms with Gasteiger partial charge in [-0.25, -0.2) is 5.43 Å². The number of anilines is 1. The van der Waals surface area contributed by atoms with Crippen LogP contribution in [0, 0.1) is 6.92 Å². The summed E-state index contributed by atoms with van der Waals surface area (Å²) < 4.78 is 5.26. The van der Waals surface area contributed by atoms with Crippen LogP contribution in [0.5, 0.6) is 11.5 Å². The summed E-state index contributed by atoms with van der Waals surface area (Å²) >= 11 is 0. The van der Waals surface area contributed by atoms with Gasteiger partial charge in [0.05, 0.1) is 12.8 Å². The van der Waals surface area contributed by atoms with Crippen LogP contribution in [0.25, 0.3) is 0 Å². The molecule has 1 atom stereocenters. The van der Waals surface area contributed by atoms with E-state index < -0.39 is 6.04 Å². The topological polar surface area (TPSA) is 83.0 Å². The van der Waals surface area contributed by atoms with Crippen LogP contribution in [0.4, 0.5) is 5.69 Å². The number of benzene rings is 2. The number of nitrogens with zero attached hydrogens (tertiary/aromatic N) is 1. The smallest absolute Gasteiger partial charge is 0.262 e. The monoisotopic (exact) mass is 341 g/mol. The molecule has 0 saturated heterocycles. The van der Waals surface area contributed by atoms with Crippen molar-refractivity contribution in [2.24, 2.45) is 5.10 Å². The zero-order valence-electron chi connectivity index (χ0n) is 14.6. The lowest BCUT2D eigenvalue weighted by atomic mass is 10.2. The summed E-state index contributed by atoms with van der Waals surface area (Å²) in [4.78, 5) is 12.1. The molecule has 0 spiro atoms. The van der Waals surface area contributed by atoms with Crippen molar-refractivity contribution in [1.82, 2.24) is 5.43 Å². The predicted molar refractivity (Wildman–Crippen MR) is 99.3 cm³/mol. The van der Waals surface area contributed by atoms with Crippen molar-refractivity contribution in [3.8, 4) is 11.5 Å². The standard InChI is InChI=1S/C19H23N3O3/c1-4-25-18-10-7-15(11-17(18)23)12-20-22-19(24)14(3)21-16-8-5-13(2)6-9-16/h5-12,14,21,23H,4H2,1-3H3,(H,22,24)/b20-12-/t14-/m0/s1. The van der Waals surface area contributed by atoms with Crippen molar-refractivity contribution < 1.29 is 14.6 Å². The van der Waals surface area contributed by atoms with E-state index in [0.717, 1.165) is 11.3 Å². The molecular weight excluding hydrogens is 318 g/mol. The number of phenols is 1. The van der Waals surface area contributed by atoms with Crippen molar-refractivity contribution in [3.05, 3.63) is 53.6 Å². The highest BCUT2D eigenvalue weighted by Gasteiger charge is 2.11. The summed E-state index contributed by atoms with van der Waals surface area (Å²) in [6.45, 7) is 6.08. The van der Waals surface area contributed by atoms with Gasteiger partial charge >= 0.3 is 0 Å². The Labute approximate surface area is 147 Å². The van der Waals surface area contributed by atoms with Gasteiger partial charge in [-0.3, -0.25) is 4.79 Å². The average Bonchev–Trinajstić information content (AvgIpc) is 2.59. The van der Waals surface area contributed by atoms with Gasteiger partial charge in [-0.2, -0.15) is 5.10 Å². The lowest BCUT2D eigenvalue weighted by molar-refractivity contribution is -0.121. The second-order valence-corrected chi connectivity index (χ2v) is 5.63. The number of carbonyl (C=O) groups is 1. The Kier molecular flexibility index (Phi) is 6.39. The fraction of sp³-hybridized carbons (Fsp3) is 0.263. The van der Waals surface area contributed by atoms with Crippen molar-refractivity contribution >= 4 is 17.8 Å². The Hall–Kier alpha value is -3.02. The fourth-order valence-electron chi connectivity index (χ4n) is 2.12. The van der Waals surface area contributed by atoms with Gasteiger partial charge in [0, 0.05) is 5.69 Å². The molecule has 0 heterocycles. The molecule has 0 saturated carbocycles. The zero-order valence-corrected chi connectivity index (χ0v) is 14.6. The largest absolute Gasteiger partial charge is 0.504 e. The molecule has 0 unspecified atom stereocenters. The van der Waals surface area contributed by atoms with E-state index in [9.17, 15) is 9.90 Å². The maximum absolute atomic E-state index is 12.1. The lowest BCUT2D eigenvalue weighted by Crippen LogP contribution is -2.34. The summed E-state index contributed by atoms with van der Waals surface area (Å²) in [5.41, 5.74) is 5.16. The third kappa shape index (κ3) is 5.53. The van der Waals surface area contributed by atoms with Crippen LogP contribution >= 0.6 is 0 Å². The Morgan fingerprint density at radius 1 is 1.28 bits per heavy atom. The first kappa shape index (κ1) is 18.3. The lowest BCUT2D eigenvalue weighted by Gasteiger charge is -2.13. The van der Waals surface area contributed by atoms with E-state index in [1.807, 2.05) is 38.1 Å². The van der Waals surface area contributed by atoms with Gasteiger partial charge in [-0.05, 0) is 56.7 Å². The number of ether oxygens (including phenoxy) is 1. The maximum atomic E-state index is 12.1. The molecule has 6 heteroatoms. The Morgan fingerprint density at radius 2 is 2.00 bits per heavy atom. The summed E-state index contributed by atoms with van der Waals surface area (Å²) in [6.07, 6.45) is 1.46. The van der Waals surface area contributed by atoms with Gasteiger partial charge < -0.3 is 15.2 Å². The third-order valence-electron chi connectivity index (χ3n) is 3.50. The molecule has 0 radical (unpaired) electrons. The van der Waals surface area contributed by atoms with E-state index in [2.05, 4.69) is 15.8 Å². The van der Waals surface area contributed by atoms with Crippen LogP contribution in [-0.2, 0) is 4.79 Å². The summed E-state index contributed by atoms with van der Waals surface area (Å²) in [5.74, 6) is 0.193. The fourth-order valence-corrected chi connectivity index (χ4v) is 2.12. The van der Waals surface area contributed by atoms with Gasteiger partial charge in [0.1, 0.15) is 6.04 Å². The molecule has 0 bridgehead atoms. The number of nitrogens with one attached hydrogen (secondary N) is 2. The molecule has 0 aromatic heterocycles. The highest BCUT2D eigenvalue weighted by molar-refractivity contribution is 5.86. The van der Waals surface area contributed by atoms with Gasteiger partial charge in [-0.1, -0.05) is 17.7 Å². The van der Waals surface area contributed by atoms with E-state index in [1.54, 1.807) is 19.1 Å². The van der Waals surface area contributed by atoms with Crippen LogP contribution in [-0.4, -0.2) is 29.9 Å². The molecule has 1 amide bonds. The molecule has 0 fully saturated rings. The Bertz CT molecular complexity index is 742. The van der Waals surface area contributed by atoms with E-state index in [4.69, 9.17) is 4.74 Å². The first-order valence-corrected chi connectivity index (χ1v) is 8.11. The second kappa shape index (κ2) is 8.73. The van der Waals surface area contributed by atoms with Gasteiger partial charge in [-0.15, -0.1) is 0 Å². The minimum absolute atomic E-state index is 0.0338. The molecular formula is C19H23N3O3. The number of hydrazone groups is 1. The Balaban J connectivity index is 1.89. The van der Waals surface area contributed by atoms with Gasteiger partial charge in [0.2, 0.25) is 0 Å². The SMILES string of the molecule is CCOc1ccc(/C=N\NC(=O)[C@H](C)Nc2ccc(C)cc2)cc1O. The molecule has 0 aliphatic rings. The molecule has 3 N–H and O–H groups in total. The van der Waals surface area contributed by atoms with Crippen LogP contribution in [0.1, 0.15) is 25.0 Å². The van der Waals surface area contributed by atoms with Crippen LogP contribution < -0.4 is 15.5 Å². The van der Waals surface area contributed by atoms with Crippen molar-refractivity contribution in [2.75, 3.05) is 11.9 Å². The summed E-state index contributed by atoms with van der Waals surface area (Å²) in [6, 6.07) is 12.3. The Morgan fingerprint density at radius 3 is 2.64 bits per heavy atom.